The van der Waals surface area contributed by atoms with Gasteiger partial charge in [0.2, 0.25) is 5.91 Å². The molecule has 0 radical (unpaired) electrons. The van der Waals surface area contributed by atoms with E-state index < -0.39 is 0 Å². The van der Waals surface area contributed by atoms with Crippen molar-refractivity contribution >= 4 is 34.1 Å². The van der Waals surface area contributed by atoms with Crippen molar-refractivity contribution < 1.29 is 14.3 Å². The summed E-state index contributed by atoms with van der Waals surface area (Å²) in [5, 5.41) is 4.09. The molecule has 7 heteroatoms. The van der Waals surface area contributed by atoms with Crippen LogP contribution in [0.1, 0.15) is 11.1 Å². The van der Waals surface area contributed by atoms with E-state index in [1.54, 1.807) is 25.1 Å². The van der Waals surface area contributed by atoms with Gasteiger partial charge in [-0.3, -0.25) is 9.59 Å². The average Bonchev–Trinajstić information content (AvgIpc) is 2.64. The van der Waals surface area contributed by atoms with Gasteiger partial charge in [0.1, 0.15) is 11.5 Å². The molecule has 3 rings (SSSR count). The molecule has 3 aromatic rings. The number of anilines is 1. The van der Waals surface area contributed by atoms with Gasteiger partial charge in [-0.2, -0.15) is 0 Å². The van der Waals surface area contributed by atoms with Crippen molar-refractivity contribution in [1.82, 2.24) is 4.98 Å². The second-order valence-electron chi connectivity index (χ2n) is 6.12. The van der Waals surface area contributed by atoms with Crippen molar-refractivity contribution in [2.75, 3.05) is 19.5 Å². The van der Waals surface area contributed by atoms with Crippen LogP contribution in [-0.2, 0) is 11.2 Å². The molecule has 0 unspecified atom stereocenters. The minimum atomic E-state index is -0.210. The molecular weight excluding hydrogens is 368 g/mol. The number of nitrogens with one attached hydrogen (secondary N) is 2. The van der Waals surface area contributed by atoms with Crippen molar-refractivity contribution in [3.05, 3.63) is 62.9 Å². The Balaban J connectivity index is 1.83. The maximum atomic E-state index is 12.5. The van der Waals surface area contributed by atoms with Gasteiger partial charge in [-0.05, 0) is 36.1 Å². The highest BCUT2D eigenvalue weighted by molar-refractivity contribution is 6.32. The minimum absolute atomic E-state index is 0.114. The predicted octanol–water partition coefficient (Wildman–Crippen LogP) is 3.69. The number of methoxy groups -OCH3 is 2. The van der Waals surface area contributed by atoms with Crippen molar-refractivity contribution in [2.24, 2.45) is 0 Å². The van der Waals surface area contributed by atoms with Gasteiger partial charge in [0.25, 0.3) is 5.56 Å². The summed E-state index contributed by atoms with van der Waals surface area (Å²) in [7, 11) is 3.00. The summed E-state index contributed by atoms with van der Waals surface area (Å²) in [6, 6.07) is 10.5. The number of pyridine rings is 1. The normalized spacial score (nSPS) is 10.7. The number of benzene rings is 2. The molecule has 0 saturated carbocycles. The van der Waals surface area contributed by atoms with Gasteiger partial charge in [0.15, 0.2) is 0 Å². The van der Waals surface area contributed by atoms with E-state index in [1.807, 2.05) is 18.2 Å². The van der Waals surface area contributed by atoms with Gasteiger partial charge in [-0.1, -0.05) is 17.7 Å². The van der Waals surface area contributed by atoms with E-state index in [9.17, 15) is 9.59 Å². The van der Waals surface area contributed by atoms with Crippen LogP contribution in [0.25, 0.3) is 10.9 Å². The number of amides is 1. The van der Waals surface area contributed by atoms with E-state index in [0.29, 0.717) is 27.8 Å². The Kier molecular flexibility index (Phi) is 5.37. The fraction of sp³-hybridized carbons (Fsp3) is 0.200. The van der Waals surface area contributed by atoms with Gasteiger partial charge in [-0.25, -0.2) is 0 Å². The molecule has 1 aromatic heterocycles. The number of fused-ring (bicyclic) bond motifs is 1. The highest BCUT2D eigenvalue weighted by atomic mass is 35.5. The molecule has 0 aliphatic heterocycles. The molecule has 1 amide bonds. The molecule has 0 saturated heterocycles. The minimum Gasteiger partial charge on any atom is -0.495 e. The van der Waals surface area contributed by atoms with E-state index in [2.05, 4.69) is 10.3 Å². The van der Waals surface area contributed by atoms with Crippen molar-refractivity contribution in [3.63, 3.8) is 0 Å². The number of halogens is 1. The fourth-order valence-corrected chi connectivity index (χ4v) is 3.04. The molecule has 0 aliphatic rings. The zero-order valence-electron chi connectivity index (χ0n) is 15.2. The highest BCUT2D eigenvalue weighted by Gasteiger charge is 2.13. The Bertz CT molecular complexity index is 1080. The van der Waals surface area contributed by atoms with Gasteiger partial charge in [0.05, 0.1) is 31.4 Å². The summed E-state index contributed by atoms with van der Waals surface area (Å²) in [5.74, 6) is 0.678. The zero-order valence-corrected chi connectivity index (χ0v) is 15.9. The molecule has 0 aliphatic carbocycles. The molecule has 140 valence electrons. The zero-order chi connectivity index (χ0) is 19.6. The van der Waals surface area contributed by atoms with Crippen LogP contribution in [0.15, 0.2) is 41.2 Å². The number of H-pyrrole nitrogens is 1. The number of aryl methyl sites for hydroxylation is 1. The number of aromatic nitrogens is 1. The van der Waals surface area contributed by atoms with Crippen LogP contribution >= 0.6 is 11.6 Å². The molecule has 0 bridgehead atoms. The molecule has 27 heavy (non-hydrogen) atoms. The number of hydrogen-bond acceptors (Lipinski definition) is 4. The number of ether oxygens (including phenoxy) is 2. The first-order valence-corrected chi connectivity index (χ1v) is 8.63. The lowest BCUT2D eigenvalue weighted by Gasteiger charge is -2.13. The summed E-state index contributed by atoms with van der Waals surface area (Å²) in [6.07, 6.45) is 0.169. The van der Waals surface area contributed by atoms with Gasteiger partial charge in [-0.15, -0.1) is 0 Å². The van der Waals surface area contributed by atoms with Crippen LogP contribution in [0, 0.1) is 6.92 Å². The summed E-state index contributed by atoms with van der Waals surface area (Å²) >= 11 is 6.08. The monoisotopic (exact) mass is 386 g/mol. The largest absolute Gasteiger partial charge is 0.495 e. The number of rotatable bonds is 5. The SMILES string of the molecule is COc1cc(NC(=O)Cc2ccc3[nH]c(=O)c(C)cc3c2)c(OC)cc1Cl. The molecule has 2 N–H and O–H groups in total. The lowest BCUT2D eigenvalue weighted by molar-refractivity contribution is -0.115. The van der Waals surface area contributed by atoms with Gasteiger partial charge in [0, 0.05) is 23.2 Å². The summed E-state index contributed by atoms with van der Waals surface area (Å²) in [5.41, 5.74) is 2.55. The van der Waals surface area contributed by atoms with Crippen LogP contribution in [0.3, 0.4) is 0 Å². The van der Waals surface area contributed by atoms with Crippen molar-refractivity contribution in [1.29, 1.82) is 0 Å². The summed E-state index contributed by atoms with van der Waals surface area (Å²) in [6.45, 7) is 1.75. The fourth-order valence-electron chi connectivity index (χ4n) is 2.81. The predicted molar refractivity (Wildman–Crippen MR) is 106 cm³/mol. The number of aromatic amines is 1. The molecule has 0 fully saturated rings. The summed E-state index contributed by atoms with van der Waals surface area (Å²) < 4.78 is 10.5. The van der Waals surface area contributed by atoms with E-state index in [4.69, 9.17) is 21.1 Å². The van der Waals surface area contributed by atoms with E-state index in [-0.39, 0.29) is 17.9 Å². The Labute approximate surface area is 161 Å². The molecule has 1 heterocycles. The van der Waals surface area contributed by atoms with Crippen LogP contribution in [-0.4, -0.2) is 25.1 Å². The molecule has 0 spiro atoms. The third-order valence-electron chi connectivity index (χ3n) is 4.21. The summed E-state index contributed by atoms with van der Waals surface area (Å²) in [4.78, 5) is 27.0. The Morgan fingerprint density at radius 1 is 1.11 bits per heavy atom. The first kappa shape index (κ1) is 18.8. The van der Waals surface area contributed by atoms with Crippen LogP contribution in [0.5, 0.6) is 11.5 Å². The molecule has 6 nitrogen and oxygen atoms in total. The van der Waals surface area contributed by atoms with E-state index in [1.165, 1.54) is 14.2 Å². The average molecular weight is 387 g/mol. The van der Waals surface area contributed by atoms with Crippen LogP contribution in [0.4, 0.5) is 5.69 Å². The topological polar surface area (TPSA) is 80.4 Å². The van der Waals surface area contributed by atoms with E-state index in [0.717, 1.165) is 16.5 Å². The lowest BCUT2D eigenvalue weighted by Crippen LogP contribution is -2.15. The highest BCUT2D eigenvalue weighted by Crippen LogP contribution is 2.35. The van der Waals surface area contributed by atoms with Gasteiger partial charge < -0.3 is 19.8 Å². The Morgan fingerprint density at radius 2 is 1.85 bits per heavy atom. The lowest BCUT2D eigenvalue weighted by atomic mass is 10.1. The molecule has 2 aromatic carbocycles. The first-order valence-electron chi connectivity index (χ1n) is 8.25. The molecular formula is C20H19ClN2O4. The van der Waals surface area contributed by atoms with Gasteiger partial charge >= 0.3 is 0 Å². The second kappa shape index (κ2) is 7.72. The first-order chi connectivity index (χ1) is 12.9. The Hall–Kier alpha value is -2.99. The third kappa shape index (κ3) is 4.06. The number of hydrogen-bond donors (Lipinski definition) is 2. The van der Waals surface area contributed by atoms with E-state index >= 15 is 0 Å². The smallest absolute Gasteiger partial charge is 0.251 e. The number of carbonyl (C=O) groups excluding carboxylic acids is 1. The van der Waals surface area contributed by atoms with Crippen molar-refractivity contribution in [2.45, 2.75) is 13.3 Å². The Morgan fingerprint density at radius 3 is 2.56 bits per heavy atom. The maximum absolute atomic E-state index is 12.5. The van der Waals surface area contributed by atoms with Crippen LogP contribution in [0.2, 0.25) is 5.02 Å². The van der Waals surface area contributed by atoms with Crippen LogP contribution < -0.4 is 20.3 Å². The maximum Gasteiger partial charge on any atom is 0.251 e. The quantitative estimate of drug-likeness (QED) is 0.700. The van der Waals surface area contributed by atoms with Crippen molar-refractivity contribution in [3.8, 4) is 11.5 Å². The standard InChI is InChI=1S/C20H19ClN2O4/c1-11-6-13-7-12(4-5-15(13)23-20(11)25)8-19(24)22-16-10-17(26-2)14(21)9-18(16)27-3/h4-7,9-10H,8H2,1-3H3,(H,22,24)(H,23,25). The third-order valence-corrected chi connectivity index (χ3v) is 4.50. The number of carbonyl (C=O) groups is 1. The molecule has 0 atom stereocenters. The second-order valence-corrected chi connectivity index (χ2v) is 6.52.